The second kappa shape index (κ2) is 4.20. The number of rotatable bonds is 1. The standard InChI is InChI=1S/C11H8ClF3N2O/c1-18-7-3-2-5(12)9-6(16)4-8(11(13,14)15)17-10(7)9/h2-4H,1H3,(H2,16,17). The summed E-state index contributed by atoms with van der Waals surface area (Å²) in [6, 6.07) is 3.69. The largest absolute Gasteiger partial charge is 0.494 e. The topological polar surface area (TPSA) is 48.1 Å². The van der Waals surface area contributed by atoms with Gasteiger partial charge in [-0.05, 0) is 18.2 Å². The van der Waals surface area contributed by atoms with Crippen molar-refractivity contribution in [2.75, 3.05) is 12.8 Å². The summed E-state index contributed by atoms with van der Waals surface area (Å²) in [5.41, 5.74) is 4.43. The van der Waals surface area contributed by atoms with Crippen LogP contribution in [-0.4, -0.2) is 12.1 Å². The van der Waals surface area contributed by atoms with Crippen molar-refractivity contribution >= 4 is 28.2 Å². The zero-order chi connectivity index (χ0) is 13.5. The van der Waals surface area contributed by atoms with Crippen LogP contribution in [0.4, 0.5) is 18.9 Å². The van der Waals surface area contributed by atoms with E-state index in [9.17, 15) is 13.2 Å². The molecule has 0 radical (unpaired) electrons. The first kappa shape index (κ1) is 12.8. The number of benzene rings is 1. The molecule has 0 aliphatic carbocycles. The monoisotopic (exact) mass is 276 g/mol. The molecule has 1 aromatic carbocycles. The number of nitrogen functional groups attached to an aromatic ring is 1. The normalized spacial score (nSPS) is 11.8. The van der Waals surface area contributed by atoms with E-state index >= 15 is 0 Å². The van der Waals surface area contributed by atoms with Crippen molar-refractivity contribution in [1.82, 2.24) is 4.98 Å². The summed E-state index contributed by atoms with van der Waals surface area (Å²) in [5, 5.41) is 0.480. The number of fused-ring (bicyclic) bond motifs is 1. The van der Waals surface area contributed by atoms with Crippen molar-refractivity contribution in [2.24, 2.45) is 0 Å². The number of aromatic nitrogens is 1. The zero-order valence-electron chi connectivity index (χ0n) is 9.18. The highest BCUT2D eigenvalue weighted by molar-refractivity contribution is 6.36. The summed E-state index contributed by atoms with van der Waals surface area (Å²) < 4.78 is 42.9. The second-order valence-electron chi connectivity index (χ2n) is 3.57. The number of nitrogens with two attached hydrogens (primary N) is 1. The van der Waals surface area contributed by atoms with E-state index in [1.165, 1.54) is 19.2 Å². The van der Waals surface area contributed by atoms with E-state index in [-0.39, 0.29) is 27.4 Å². The van der Waals surface area contributed by atoms with Crippen LogP contribution in [0, 0.1) is 0 Å². The van der Waals surface area contributed by atoms with E-state index in [1.807, 2.05) is 0 Å². The predicted octanol–water partition coefficient (Wildman–Crippen LogP) is 3.50. The van der Waals surface area contributed by atoms with E-state index in [2.05, 4.69) is 4.98 Å². The van der Waals surface area contributed by atoms with E-state index in [4.69, 9.17) is 22.1 Å². The molecule has 0 spiro atoms. The molecule has 0 atom stereocenters. The van der Waals surface area contributed by atoms with Gasteiger partial charge in [-0.3, -0.25) is 0 Å². The average Bonchev–Trinajstić information content (AvgIpc) is 2.27. The Kier molecular flexibility index (Phi) is 2.98. The fourth-order valence-corrected chi connectivity index (χ4v) is 1.88. The van der Waals surface area contributed by atoms with Gasteiger partial charge in [-0.2, -0.15) is 13.2 Å². The molecule has 2 rings (SSSR count). The molecule has 0 amide bonds. The van der Waals surface area contributed by atoms with Crippen LogP contribution in [0.15, 0.2) is 18.2 Å². The smallest absolute Gasteiger partial charge is 0.433 e. The first-order valence-electron chi connectivity index (χ1n) is 4.84. The minimum absolute atomic E-state index is 0.00248. The van der Waals surface area contributed by atoms with Gasteiger partial charge >= 0.3 is 6.18 Å². The van der Waals surface area contributed by atoms with Crippen LogP contribution in [-0.2, 0) is 6.18 Å². The first-order valence-corrected chi connectivity index (χ1v) is 5.22. The van der Waals surface area contributed by atoms with Crippen molar-refractivity contribution in [1.29, 1.82) is 0 Å². The molecule has 0 bridgehead atoms. The van der Waals surface area contributed by atoms with Crippen LogP contribution in [0.1, 0.15) is 5.69 Å². The maximum absolute atomic E-state index is 12.6. The molecule has 18 heavy (non-hydrogen) atoms. The molecule has 0 aliphatic heterocycles. The summed E-state index contributed by atoms with van der Waals surface area (Å²) >= 11 is 5.90. The number of anilines is 1. The van der Waals surface area contributed by atoms with E-state index in [0.717, 1.165) is 6.07 Å². The molecule has 2 aromatic rings. The highest BCUT2D eigenvalue weighted by Crippen LogP contribution is 2.37. The Hall–Kier alpha value is -1.69. The van der Waals surface area contributed by atoms with Crippen LogP contribution in [0.5, 0.6) is 5.75 Å². The third-order valence-corrected chi connectivity index (χ3v) is 2.73. The molecule has 1 aromatic heterocycles. The highest BCUT2D eigenvalue weighted by atomic mass is 35.5. The van der Waals surface area contributed by atoms with Crippen molar-refractivity contribution in [2.45, 2.75) is 6.18 Å². The van der Waals surface area contributed by atoms with Gasteiger partial charge in [0.1, 0.15) is 17.0 Å². The summed E-state index contributed by atoms with van der Waals surface area (Å²) in [7, 11) is 1.33. The molecule has 7 heteroatoms. The molecule has 0 saturated carbocycles. The summed E-state index contributed by atoms with van der Waals surface area (Å²) in [6.45, 7) is 0. The molecule has 1 heterocycles. The maximum atomic E-state index is 12.6. The van der Waals surface area contributed by atoms with E-state index < -0.39 is 11.9 Å². The zero-order valence-corrected chi connectivity index (χ0v) is 9.93. The van der Waals surface area contributed by atoms with E-state index in [1.54, 1.807) is 0 Å². The lowest BCUT2D eigenvalue weighted by Gasteiger charge is -2.12. The number of alkyl halides is 3. The molecular weight excluding hydrogens is 269 g/mol. The lowest BCUT2D eigenvalue weighted by atomic mass is 10.1. The number of methoxy groups -OCH3 is 1. The Morgan fingerprint density at radius 3 is 2.56 bits per heavy atom. The van der Waals surface area contributed by atoms with Crippen molar-refractivity contribution in [3.05, 3.63) is 28.9 Å². The van der Waals surface area contributed by atoms with Gasteiger partial charge < -0.3 is 10.5 Å². The maximum Gasteiger partial charge on any atom is 0.433 e. The molecule has 2 N–H and O–H groups in total. The molecular formula is C11H8ClF3N2O. The van der Waals surface area contributed by atoms with Crippen LogP contribution in [0.2, 0.25) is 5.02 Å². The Labute approximate surface area is 105 Å². The Balaban J connectivity index is 2.86. The quantitative estimate of drug-likeness (QED) is 0.867. The molecule has 0 aliphatic rings. The van der Waals surface area contributed by atoms with Gasteiger partial charge in [-0.25, -0.2) is 4.98 Å². The Morgan fingerprint density at radius 2 is 2.00 bits per heavy atom. The number of halogens is 4. The lowest BCUT2D eigenvalue weighted by molar-refractivity contribution is -0.140. The average molecular weight is 277 g/mol. The number of pyridine rings is 1. The minimum atomic E-state index is -4.57. The van der Waals surface area contributed by atoms with Crippen molar-refractivity contribution in [3.8, 4) is 5.75 Å². The minimum Gasteiger partial charge on any atom is -0.494 e. The fraction of sp³-hybridized carbons (Fsp3) is 0.182. The fourth-order valence-electron chi connectivity index (χ4n) is 1.62. The van der Waals surface area contributed by atoms with Crippen LogP contribution in [0.25, 0.3) is 10.9 Å². The molecule has 96 valence electrons. The van der Waals surface area contributed by atoms with Gasteiger partial charge in [-0.1, -0.05) is 11.6 Å². The summed E-state index contributed by atoms with van der Waals surface area (Å²) in [6.07, 6.45) is -4.57. The number of hydrogen-bond donors (Lipinski definition) is 1. The van der Waals surface area contributed by atoms with Gasteiger partial charge in [0.25, 0.3) is 0 Å². The number of nitrogens with zero attached hydrogens (tertiary/aromatic N) is 1. The summed E-state index contributed by atoms with van der Waals surface area (Å²) in [4.78, 5) is 3.52. The van der Waals surface area contributed by atoms with Gasteiger partial charge in [0, 0.05) is 11.1 Å². The van der Waals surface area contributed by atoms with Crippen LogP contribution >= 0.6 is 11.6 Å². The molecule has 0 saturated heterocycles. The van der Waals surface area contributed by atoms with Crippen molar-refractivity contribution < 1.29 is 17.9 Å². The Bertz CT molecular complexity index is 613. The van der Waals surface area contributed by atoms with Gasteiger partial charge in [0.2, 0.25) is 0 Å². The molecule has 0 unspecified atom stereocenters. The molecule has 3 nitrogen and oxygen atoms in total. The second-order valence-corrected chi connectivity index (χ2v) is 3.97. The number of hydrogen-bond acceptors (Lipinski definition) is 3. The third kappa shape index (κ3) is 2.03. The predicted molar refractivity (Wildman–Crippen MR) is 62.7 cm³/mol. The highest BCUT2D eigenvalue weighted by Gasteiger charge is 2.33. The Morgan fingerprint density at radius 1 is 1.33 bits per heavy atom. The first-order chi connectivity index (χ1) is 8.34. The summed E-state index contributed by atoms with van der Waals surface area (Å²) in [5.74, 6) is 0.187. The number of ether oxygens (including phenoxy) is 1. The SMILES string of the molecule is COc1ccc(Cl)c2c(N)cc(C(F)(F)F)nc12. The van der Waals surface area contributed by atoms with Gasteiger partial charge in [0.15, 0.2) is 0 Å². The van der Waals surface area contributed by atoms with Crippen LogP contribution in [0.3, 0.4) is 0 Å². The lowest BCUT2D eigenvalue weighted by Crippen LogP contribution is -2.09. The van der Waals surface area contributed by atoms with Gasteiger partial charge in [-0.15, -0.1) is 0 Å². The van der Waals surface area contributed by atoms with E-state index in [0.29, 0.717) is 0 Å². The molecule has 0 fully saturated rings. The third-order valence-electron chi connectivity index (χ3n) is 2.41. The van der Waals surface area contributed by atoms with Gasteiger partial charge in [0.05, 0.1) is 12.1 Å². The van der Waals surface area contributed by atoms with Crippen molar-refractivity contribution in [3.63, 3.8) is 0 Å². The van der Waals surface area contributed by atoms with Crippen LogP contribution < -0.4 is 10.5 Å².